The van der Waals surface area contributed by atoms with Gasteiger partial charge in [-0.2, -0.15) is 0 Å². The average molecular weight is 401 g/mol. The summed E-state index contributed by atoms with van der Waals surface area (Å²) in [7, 11) is 1.70. The van der Waals surface area contributed by atoms with Crippen molar-refractivity contribution in [2.24, 2.45) is 0 Å². The maximum absolute atomic E-state index is 13.4. The fourth-order valence-electron chi connectivity index (χ4n) is 5.21. The lowest BCUT2D eigenvalue weighted by Gasteiger charge is -2.28. The van der Waals surface area contributed by atoms with Crippen molar-refractivity contribution in [1.82, 2.24) is 9.88 Å². The number of para-hydroxylation sites is 1. The first-order chi connectivity index (χ1) is 14.7. The summed E-state index contributed by atoms with van der Waals surface area (Å²) in [6.07, 6.45) is 5.18. The van der Waals surface area contributed by atoms with Crippen molar-refractivity contribution in [2.75, 3.05) is 13.7 Å². The highest BCUT2D eigenvalue weighted by Crippen LogP contribution is 2.49. The number of carbonyl (C=O) groups excluding carboxylic acids is 1. The standard InChI is InChI=1S/C26H28N2O2/c1-3-15-28-25(19-11-4-5-12-20(19)26(28)29)23-21-13-6-7-14-22(21)27-24(23)17-9-8-10-18(16-17)30-2/h6-10,13-14,16,25,27H,3-5,11-12,15H2,1-2H3/t25-/m1/s1. The number of benzene rings is 2. The first-order valence-electron chi connectivity index (χ1n) is 11.0. The molecule has 2 aliphatic rings. The van der Waals surface area contributed by atoms with Crippen LogP contribution >= 0.6 is 0 Å². The van der Waals surface area contributed by atoms with Gasteiger partial charge in [0.1, 0.15) is 5.75 Å². The van der Waals surface area contributed by atoms with Gasteiger partial charge in [0.15, 0.2) is 0 Å². The number of carbonyl (C=O) groups is 1. The van der Waals surface area contributed by atoms with Gasteiger partial charge in [-0.15, -0.1) is 0 Å². The SMILES string of the molecule is CCCN1C(=O)C2=C(CCCC2)[C@@H]1c1c(-c2cccc(OC)c2)[nH]c2ccccc12. The van der Waals surface area contributed by atoms with E-state index in [0.29, 0.717) is 0 Å². The Morgan fingerprint density at radius 1 is 1.10 bits per heavy atom. The number of nitrogens with zero attached hydrogens (tertiary/aromatic N) is 1. The van der Waals surface area contributed by atoms with Crippen molar-refractivity contribution in [2.45, 2.75) is 45.1 Å². The van der Waals surface area contributed by atoms with Gasteiger partial charge in [0.2, 0.25) is 0 Å². The van der Waals surface area contributed by atoms with Gasteiger partial charge in [-0.05, 0) is 55.9 Å². The van der Waals surface area contributed by atoms with E-state index in [1.807, 2.05) is 12.1 Å². The summed E-state index contributed by atoms with van der Waals surface area (Å²) >= 11 is 0. The van der Waals surface area contributed by atoms with Crippen LogP contribution in [0.1, 0.15) is 50.6 Å². The molecule has 0 saturated carbocycles. The number of H-pyrrole nitrogens is 1. The number of fused-ring (bicyclic) bond motifs is 1. The zero-order valence-electron chi connectivity index (χ0n) is 17.7. The molecule has 0 fully saturated rings. The maximum Gasteiger partial charge on any atom is 0.250 e. The molecule has 1 aromatic heterocycles. The summed E-state index contributed by atoms with van der Waals surface area (Å²) in [6.45, 7) is 2.94. The molecule has 0 bridgehead atoms. The highest BCUT2D eigenvalue weighted by atomic mass is 16.5. The Labute approximate surface area is 177 Å². The van der Waals surface area contributed by atoms with E-state index in [1.165, 1.54) is 22.9 Å². The number of ether oxygens (including phenoxy) is 1. The lowest BCUT2D eigenvalue weighted by Crippen LogP contribution is -2.31. The Morgan fingerprint density at radius 3 is 2.77 bits per heavy atom. The summed E-state index contributed by atoms with van der Waals surface area (Å²) in [5.41, 5.74) is 6.93. The largest absolute Gasteiger partial charge is 0.497 e. The van der Waals surface area contributed by atoms with Gasteiger partial charge >= 0.3 is 0 Å². The zero-order chi connectivity index (χ0) is 20.7. The summed E-state index contributed by atoms with van der Waals surface area (Å²) in [6, 6.07) is 16.7. The Hall–Kier alpha value is -3.01. The van der Waals surface area contributed by atoms with Gasteiger partial charge in [0.25, 0.3) is 5.91 Å². The Kier molecular flexibility index (Phi) is 4.86. The van der Waals surface area contributed by atoms with E-state index in [2.05, 4.69) is 53.2 Å². The molecule has 5 rings (SSSR count). The molecule has 2 aromatic carbocycles. The van der Waals surface area contributed by atoms with E-state index in [-0.39, 0.29) is 11.9 Å². The van der Waals surface area contributed by atoms with Crippen LogP contribution in [-0.2, 0) is 4.79 Å². The molecule has 1 N–H and O–H groups in total. The number of methoxy groups -OCH3 is 1. The first-order valence-corrected chi connectivity index (χ1v) is 11.0. The minimum absolute atomic E-state index is 0.0186. The fourth-order valence-corrected chi connectivity index (χ4v) is 5.21. The molecule has 4 heteroatoms. The average Bonchev–Trinajstić information content (AvgIpc) is 3.30. The van der Waals surface area contributed by atoms with Crippen LogP contribution in [0.3, 0.4) is 0 Å². The molecule has 1 aliphatic carbocycles. The van der Waals surface area contributed by atoms with Crippen LogP contribution in [0.15, 0.2) is 59.7 Å². The molecule has 3 aromatic rings. The molecular formula is C26H28N2O2. The second-order valence-electron chi connectivity index (χ2n) is 8.30. The summed E-state index contributed by atoms with van der Waals surface area (Å²) < 4.78 is 5.49. The fraction of sp³-hybridized carbons (Fsp3) is 0.346. The normalized spacial score (nSPS) is 18.9. The molecule has 1 amide bonds. The smallest absolute Gasteiger partial charge is 0.250 e. The monoisotopic (exact) mass is 400 g/mol. The second kappa shape index (κ2) is 7.67. The topological polar surface area (TPSA) is 45.3 Å². The number of rotatable bonds is 5. The summed E-state index contributed by atoms with van der Waals surface area (Å²) in [5, 5.41) is 1.20. The van der Waals surface area contributed by atoms with Crippen LogP contribution in [0.4, 0.5) is 0 Å². The van der Waals surface area contributed by atoms with Crippen molar-refractivity contribution >= 4 is 16.8 Å². The van der Waals surface area contributed by atoms with E-state index < -0.39 is 0 Å². The first kappa shape index (κ1) is 19.0. The molecule has 0 spiro atoms. The van der Waals surface area contributed by atoms with Gasteiger partial charge in [-0.25, -0.2) is 0 Å². The van der Waals surface area contributed by atoms with Crippen LogP contribution in [0, 0.1) is 0 Å². The van der Waals surface area contributed by atoms with E-state index in [0.717, 1.165) is 60.3 Å². The number of hydrogen-bond acceptors (Lipinski definition) is 2. The maximum atomic E-state index is 13.4. The summed E-state index contributed by atoms with van der Waals surface area (Å²) in [5.74, 6) is 1.08. The third-order valence-electron chi connectivity index (χ3n) is 6.51. The van der Waals surface area contributed by atoms with Crippen molar-refractivity contribution in [3.8, 4) is 17.0 Å². The minimum Gasteiger partial charge on any atom is -0.497 e. The van der Waals surface area contributed by atoms with Crippen molar-refractivity contribution in [3.63, 3.8) is 0 Å². The predicted molar refractivity (Wildman–Crippen MR) is 121 cm³/mol. The molecule has 0 unspecified atom stereocenters. The molecule has 30 heavy (non-hydrogen) atoms. The number of amides is 1. The Balaban J connectivity index is 1.76. The highest BCUT2D eigenvalue weighted by molar-refractivity contribution is 6.00. The third-order valence-corrected chi connectivity index (χ3v) is 6.51. The van der Waals surface area contributed by atoms with Crippen molar-refractivity contribution in [1.29, 1.82) is 0 Å². The number of hydrogen-bond donors (Lipinski definition) is 1. The van der Waals surface area contributed by atoms with Gasteiger partial charge in [-0.1, -0.05) is 37.3 Å². The minimum atomic E-state index is 0.0186. The molecular weight excluding hydrogens is 372 g/mol. The van der Waals surface area contributed by atoms with E-state index in [9.17, 15) is 4.79 Å². The Bertz CT molecular complexity index is 1140. The number of nitrogens with one attached hydrogen (secondary N) is 1. The summed E-state index contributed by atoms with van der Waals surface area (Å²) in [4.78, 5) is 19.1. The van der Waals surface area contributed by atoms with Crippen molar-refractivity contribution < 1.29 is 9.53 Å². The number of aromatic amines is 1. The zero-order valence-corrected chi connectivity index (χ0v) is 17.7. The van der Waals surface area contributed by atoms with Gasteiger partial charge < -0.3 is 14.6 Å². The van der Waals surface area contributed by atoms with Gasteiger partial charge in [0, 0.05) is 34.1 Å². The highest BCUT2D eigenvalue weighted by Gasteiger charge is 2.42. The lowest BCUT2D eigenvalue weighted by atomic mass is 9.86. The van der Waals surface area contributed by atoms with E-state index >= 15 is 0 Å². The molecule has 1 aliphatic heterocycles. The molecule has 4 nitrogen and oxygen atoms in total. The van der Waals surface area contributed by atoms with Gasteiger partial charge in [-0.3, -0.25) is 4.79 Å². The van der Waals surface area contributed by atoms with Crippen molar-refractivity contribution in [3.05, 3.63) is 65.2 Å². The predicted octanol–water partition coefficient (Wildman–Crippen LogP) is 6.01. The lowest BCUT2D eigenvalue weighted by molar-refractivity contribution is -0.127. The quantitative estimate of drug-likeness (QED) is 0.570. The molecule has 0 radical (unpaired) electrons. The molecule has 1 atom stereocenters. The molecule has 2 heterocycles. The molecule has 154 valence electrons. The van der Waals surface area contributed by atoms with Crippen LogP contribution in [-0.4, -0.2) is 29.4 Å². The second-order valence-corrected chi connectivity index (χ2v) is 8.30. The van der Waals surface area contributed by atoms with Crippen LogP contribution < -0.4 is 4.74 Å². The van der Waals surface area contributed by atoms with E-state index in [1.54, 1.807) is 7.11 Å². The van der Waals surface area contributed by atoms with Crippen LogP contribution in [0.25, 0.3) is 22.2 Å². The van der Waals surface area contributed by atoms with Crippen LogP contribution in [0.5, 0.6) is 5.75 Å². The third kappa shape index (κ3) is 2.94. The Morgan fingerprint density at radius 2 is 1.93 bits per heavy atom. The number of aromatic nitrogens is 1. The van der Waals surface area contributed by atoms with Gasteiger partial charge in [0.05, 0.1) is 18.8 Å². The van der Waals surface area contributed by atoms with E-state index in [4.69, 9.17) is 4.74 Å². The molecule has 0 saturated heterocycles. The van der Waals surface area contributed by atoms with Crippen LogP contribution in [0.2, 0.25) is 0 Å².